The van der Waals surface area contributed by atoms with Crippen LogP contribution in [0, 0.1) is 5.92 Å². The number of rotatable bonds is 7. The molecule has 1 aromatic carbocycles. The van der Waals surface area contributed by atoms with Crippen LogP contribution in [0.3, 0.4) is 0 Å². The van der Waals surface area contributed by atoms with Crippen LogP contribution in [0.1, 0.15) is 19.4 Å². The van der Waals surface area contributed by atoms with E-state index in [0.717, 1.165) is 11.3 Å². The molecule has 0 saturated heterocycles. The lowest BCUT2D eigenvalue weighted by atomic mass is 10.1. The first-order valence-corrected chi connectivity index (χ1v) is 6.86. The third-order valence-corrected chi connectivity index (χ3v) is 2.90. The van der Waals surface area contributed by atoms with Crippen molar-refractivity contribution in [3.63, 3.8) is 0 Å². The van der Waals surface area contributed by atoms with Crippen molar-refractivity contribution in [3.8, 4) is 0 Å². The molecule has 0 aliphatic rings. The molecule has 1 atom stereocenters. The van der Waals surface area contributed by atoms with Gasteiger partial charge in [0.05, 0.1) is 6.61 Å². The number of benzene rings is 1. The fraction of sp³-hybridized carbons (Fsp3) is 0.467. The number of anilines is 1. The average molecular weight is 330 g/mol. The van der Waals surface area contributed by atoms with E-state index >= 15 is 0 Å². The van der Waals surface area contributed by atoms with Crippen molar-refractivity contribution >= 4 is 29.9 Å². The first kappa shape index (κ1) is 20.4. The minimum Gasteiger partial charge on any atom is -0.383 e. The largest absolute Gasteiger partial charge is 0.383 e. The maximum Gasteiger partial charge on any atom is 0.239 e. The van der Waals surface area contributed by atoms with Crippen LogP contribution in [0.25, 0.3) is 0 Å². The van der Waals surface area contributed by atoms with Gasteiger partial charge >= 0.3 is 0 Å². The second-order valence-electron chi connectivity index (χ2n) is 5.12. The Kier molecular flexibility index (Phi) is 9.40. The Hall–Kier alpha value is -1.63. The zero-order valence-electron chi connectivity index (χ0n) is 13.1. The number of nitrogens with one attached hydrogen (secondary N) is 2. The smallest absolute Gasteiger partial charge is 0.239 e. The highest BCUT2D eigenvalue weighted by Crippen LogP contribution is 2.10. The predicted octanol–water partition coefficient (Wildman–Crippen LogP) is 1.29. The van der Waals surface area contributed by atoms with Gasteiger partial charge in [-0.05, 0) is 17.7 Å². The van der Waals surface area contributed by atoms with Gasteiger partial charge in [0, 0.05) is 25.3 Å². The van der Waals surface area contributed by atoms with E-state index in [1.165, 1.54) is 7.11 Å². The highest BCUT2D eigenvalue weighted by molar-refractivity contribution is 5.92. The van der Waals surface area contributed by atoms with Crippen molar-refractivity contribution in [2.24, 2.45) is 11.7 Å². The summed E-state index contributed by atoms with van der Waals surface area (Å²) >= 11 is 0. The summed E-state index contributed by atoms with van der Waals surface area (Å²) in [4.78, 5) is 23.2. The van der Waals surface area contributed by atoms with Crippen LogP contribution in [-0.4, -0.2) is 31.6 Å². The van der Waals surface area contributed by atoms with E-state index in [9.17, 15) is 9.59 Å². The van der Waals surface area contributed by atoms with Crippen molar-refractivity contribution in [1.29, 1.82) is 0 Å². The Balaban J connectivity index is 0.00000441. The van der Waals surface area contributed by atoms with Crippen molar-refractivity contribution in [1.82, 2.24) is 5.32 Å². The summed E-state index contributed by atoms with van der Waals surface area (Å²) in [7, 11) is 1.50. The van der Waals surface area contributed by atoms with Crippen LogP contribution >= 0.6 is 12.4 Å². The number of carbonyl (C=O) groups is 2. The lowest BCUT2D eigenvalue weighted by Crippen LogP contribution is -2.43. The number of halogens is 1. The molecule has 7 heteroatoms. The first-order valence-electron chi connectivity index (χ1n) is 6.86. The monoisotopic (exact) mass is 329 g/mol. The Labute approximate surface area is 137 Å². The lowest BCUT2D eigenvalue weighted by molar-refractivity contribution is -0.123. The Morgan fingerprint density at radius 3 is 2.27 bits per heavy atom. The SMILES string of the molecule is COCC(N)C(=O)NCc1ccc(NC(=O)C(C)C)cc1.Cl. The number of amides is 2. The minimum absolute atomic E-state index is 0. The average Bonchev–Trinajstić information content (AvgIpc) is 2.46. The second kappa shape index (κ2) is 10.2. The van der Waals surface area contributed by atoms with Gasteiger partial charge in [0.1, 0.15) is 6.04 Å². The van der Waals surface area contributed by atoms with E-state index in [1.807, 2.05) is 26.0 Å². The van der Waals surface area contributed by atoms with Crippen LogP contribution < -0.4 is 16.4 Å². The van der Waals surface area contributed by atoms with Gasteiger partial charge in [0.25, 0.3) is 0 Å². The number of methoxy groups -OCH3 is 1. The van der Waals surface area contributed by atoms with Crippen molar-refractivity contribution in [2.45, 2.75) is 26.4 Å². The molecule has 0 aliphatic heterocycles. The van der Waals surface area contributed by atoms with Crippen LogP contribution in [0.2, 0.25) is 0 Å². The second-order valence-corrected chi connectivity index (χ2v) is 5.12. The number of ether oxygens (including phenoxy) is 1. The molecular formula is C15H24ClN3O3. The molecule has 1 aromatic rings. The van der Waals surface area contributed by atoms with Crippen LogP contribution in [0.15, 0.2) is 24.3 Å². The van der Waals surface area contributed by atoms with Gasteiger partial charge in [-0.1, -0.05) is 26.0 Å². The van der Waals surface area contributed by atoms with E-state index < -0.39 is 6.04 Å². The van der Waals surface area contributed by atoms with Crippen LogP contribution in [0.5, 0.6) is 0 Å². The molecule has 1 rings (SSSR count). The molecule has 0 heterocycles. The summed E-state index contributed by atoms with van der Waals surface area (Å²) in [6, 6.07) is 6.63. The standard InChI is InChI=1S/C15H23N3O3.ClH/c1-10(2)14(19)18-12-6-4-11(5-7-12)8-17-15(20)13(16)9-21-3;/h4-7,10,13H,8-9,16H2,1-3H3,(H,17,20)(H,18,19);1H. The fourth-order valence-electron chi connectivity index (χ4n) is 1.57. The van der Waals surface area contributed by atoms with Crippen molar-refractivity contribution < 1.29 is 14.3 Å². The molecule has 0 aromatic heterocycles. The van der Waals surface area contributed by atoms with Gasteiger partial charge in [-0.15, -0.1) is 12.4 Å². The molecule has 2 amide bonds. The quantitative estimate of drug-likeness (QED) is 0.702. The lowest BCUT2D eigenvalue weighted by Gasteiger charge is -2.12. The summed E-state index contributed by atoms with van der Waals surface area (Å²) in [6.45, 7) is 4.24. The Morgan fingerprint density at radius 2 is 1.77 bits per heavy atom. The number of nitrogens with two attached hydrogens (primary N) is 1. The van der Waals surface area contributed by atoms with Gasteiger partial charge in [0.15, 0.2) is 0 Å². The zero-order valence-corrected chi connectivity index (χ0v) is 13.9. The summed E-state index contributed by atoms with van der Waals surface area (Å²) in [5.41, 5.74) is 7.28. The van der Waals surface area contributed by atoms with Gasteiger partial charge in [-0.3, -0.25) is 9.59 Å². The van der Waals surface area contributed by atoms with Gasteiger partial charge < -0.3 is 21.1 Å². The molecule has 6 nitrogen and oxygen atoms in total. The molecule has 0 bridgehead atoms. The summed E-state index contributed by atoms with van der Waals surface area (Å²) in [5, 5.41) is 5.54. The van der Waals surface area contributed by atoms with E-state index in [1.54, 1.807) is 12.1 Å². The summed E-state index contributed by atoms with van der Waals surface area (Å²) in [5.74, 6) is -0.345. The third kappa shape index (κ3) is 6.89. The molecular weight excluding hydrogens is 306 g/mol. The molecule has 22 heavy (non-hydrogen) atoms. The Morgan fingerprint density at radius 1 is 1.18 bits per heavy atom. The zero-order chi connectivity index (χ0) is 15.8. The topological polar surface area (TPSA) is 93.4 Å². The highest BCUT2D eigenvalue weighted by atomic mass is 35.5. The molecule has 0 fully saturated rings. The van der Waals surface area contributed by atoms with E-state index in [2.05, 4.69) is 10.6 Å². The molecule has 0 radical (unpaired) electrons. The van der Waals surface area contributed by atoms with E-state index in [-0.39, 0.29) is 36.7 Å². The first-order chi connectivity index (χ1) is 9.93. The van der Waals surface area contributed by atoms with E-state index in [4.69, 9.17) is 10.5 Å². The van der Waals surface area contributed by atoms with Gasteiger partial charge in [0.2, 0.25) is 11.8 Å². The predicted molar refractivity (Wildman–Crippen MR) is 88.9 cm³/mol. The summed E-state index contributed by atoms with van der Waals surface area (Å²) in [6.07, 6.45) is 0. The molecule has 0 aliphatic carbocycles. The maximum atomic E-state index is 11.6. The van der Waals surface area contributed by atoms with Crippen molar-refractivity contribution in [3.05, 3.63) is 29.8 Å². The number of hydrogen-bond acceptors (Lipinski definition) is 4. The van der Waals surface area contributed by atoms with E-state index in [0.29, 0.717) is 6.54 Å². The van der Waals surface area contributed by atoms with Gasteiger partial charge in [-0.25, -0.2) is 0 Å². The molecule has 124 valence electrons. The molecule has 1 unspecified atom stereocenters. The minimum atomic E-state index is -0.667. The van der Waals surface area contributed by atoms with Gasteiger partial charge in [-0.2, -0.15) is 0 Å². The maximum absolute atomic E-state index is 11.6. The van der Waals surface area contributed by atoms with Crippen LogP contribution in [-0.2, 0) is 20.9 Å². The number of carbonyl (C=O) groups excluding carboxylic acids is 2. The third-order valence-electron chi connectivity index (χ3n) is 2.90. The normalized spacial score (nSPS) is 11.5. The molecule has 0 spiro atoms. The van der Waals surface area contributed by atoms with Crippen LogP contribution in [0.4, 0.5) is 5.69 Å². The fourth-order valence-corrected chi connectivity index (χ4v) is 1.57. The number of hydrogen-bond donors (Lipinski definition) is 3. The molecule has 0 saturated carbocycles. The molecule has 4 N–H and O–H groups in total. The highest BCUT2D eigenvalue weighted by Gasteiger charge is 2.12. The summed E-state index contributed by atoms with van der Waals surface area (Å²) < 4.78 is 4.82. The van der Waals surface area contributed by atoms with Crippen molar-refractivity contribution in [2.75, 3.05) is 19.0 Å². The Bertz CT molecular complexity index is 477.